The van der Waals surface area contributed by atoms with Crippen LogP contribution in [0.4, 0.5) is 16.5 Å². The van der Waals surface area contributed by atoms with Crippen LogP contribution in [0.2, 0.25) is 0 Å². The van der Waals surface area contributed by atoms with E-state index in [1.165, 1.54) is 36.4 Å². The Bertz CT molecular complexity index is 1020. The monoisotopic (exact) mass is 374 g/mol. The number of aromatic nitrogens is 1. The third-order valence-corrected chi connectivity index (χ3v) is 4.18. The zero-order chi connectivity index (χ0) is 18.7. The van der Waals surface area contributed by atoms with Crippen molar-refractivity contribution in [2.45, 2.75) is 0 Å². The first kappa shape index (κ1) is 17.2. The Morgan fingerprint density at radius 1 is 1.15 bits per heavy atom. The fourth-order valence-corrected chi connectivity index (χ4v) is 3.02. The average molecular weight is 374 g/mol. The molecule has 0 spiro atoms. The number of para-hydroxylation sites is 2. The summed E-state index contributed by atoms with van der Waals surface area (Å²) in [5, 5.41) is 24.4. The lowest BCUT2D eigenvalue weighted by molar-refractivity contribution is -0.385. The summed E-state index contributed by atoms with van der Waals surface area (Å²) in [4.78, 5) is 36.7. The topological polar surface area (TPSA) is 138 Å². The highest BCUT2D eigenvalue weighted by atomic mass is 32.1. The maximum atomic E-state index is 12.0. The van der Waals surface area contributed by atoms with E-state index in [1.807, 2.05) is 0 Å². The lowest BCUT2D eigenvalue weighted by atomic mass is 10.3. The standard InChI is InChI=1S/C15H10N4O6S/c20-14(8-25-12-4-2-1-3-11(12)19(23)24)17-15-16-10-6-5-9(18(21)22)7-13(10)26-15/h1-7H,8H2,(H,16,17,20). The van der Waals surface area contributed by atoms with E-state index in [2.05, 4.69) is 10.3 Å². The van der Waals surface area contributed by atoms with Gasteiger partial charge in [-0.3, -0.25) is 30.3 Å². The molecule has 3 rings (SSSR count). The summed E-state index contributed by atoms with van der Waals surface area (Å²) < 4.78 is 5.74. The second-order valence-corrected chi connectivity index (χ2v) is 6.02. The highest BCUT2D eigenvalue weighted by molar-refractivity contribution is 7.22. The number of benzene rings is 2. The molecule has 0 atom stereocenters. The Hall–Kier alpha value is -3.60. The first-order valence-electron chi connectivity index (χ1n) is 7.15. The van der Waals surface area contributed by atoms with E-state index in [0.717, 1.165) is 11.3 Å². The van der Waals surface area contributed by atoms with Gasteiger partial charge in [0, 0.05) is 18.2 Å². The van der Waals surface area contributed by atoms with Gasteiger partial charge in [0.1, 0.15) is 0 Å². The lowest BCUT2D eigenvalue weighted by Gasteiger charge is -2.05. The van der Waals surface area contributed by atoms with Crippen molar-refractivity contribution >= 4 is 44.0 Å². The van der Waals surface area contributed by atoms with E-state index in [1.54, 1.807) is 6.07 Å². The fourth-order valence-electron chi connectivity index (χ4n) is 2.11. The van der Waals surface area contributed by atoms with E-state index in [-0.39, 0.29) is 22.3 Å². The van der Waals surface area contributed by atoms with E-state index in [0.29, 0.717) is 10.2 Å². The third kappa shape index (κ3) is 3.72. The van der Waals surface area contributed by atoms with Crippen molar-refractivity contribution in [2.24, 2.45) is 0 Å². The van der Waals surface area contributed by atoms with Crippen molar-refractivity contribution in [1.29, 1.82) is 0 Å². The molecule has 0 saturated carbocycles. The molecule has 1 amide bonds. The van der Waals surface area contributed by atoms with Crippen molar-refractivity contribution in [3.8, 4) is 5.75 Å². The smallest absolute Gasteiger partial charge is 0.310 e. The Morgan fingerprint density at radius 2 is 1.92 bits per heavy atom. The van der Waals surface area contributed by atoms with Crippen molar-refractivity contribution in [3.63, 3.8) is 0 Å². The third-order valence-electron chi connectivity index (χ3n) is 3.25. The van der Waals surface area contributed by atoms with Crippen LogP contribution in [0.5, 0.6) is 5.75 Å². The number of thiazole rings is 1. The van der Waals surface area contributed by atoms with Crippen LogP contribution in [0.25, 0.3) is 10.2 Å². The minimum atomic E-state index is -0.603. The molecule has 10 nitrogen and oxygen atoms in total. The molecule has 0 fully saturated rings. The molecule has 1 N–H and O–H groups in total. The van der Waals surface area contributed by atoms with Gasteiger partial charge in [0.15, 0.2) is 17.5 Å². The number of hydrogen-bond donors (Lipinski definition) is 1. The second kappa shape index (κ2) is 7.11. The van der Waals surface area contributed by atoms with Crippen LogP contribution >= 0.6 is 11.3 Å². The fraction of sp³-hybridized carbons (Fsp3) is 0.0667. The summed E-state index contributed by atoms with van der Waals surface area (Å²) in [7, 11) is 0. The van der Waals surface area contributed by atoms with Gasteiger partial charge in [-0.05, 0) is 12.1 Å². The summed E-state index contributed by atoms with van der Waals surface area (Å²) in [6.07, 6.45) is 0. The number of nitro groups is 2. The van der Waals surface area contributed by atoms with Crippen molar-refractivity contribution in [2.75, 3.05) is 11.9 Å². The van der Waals surface area contributed by atoms with E-state index in [4.69, 9.17) is 4.74 Å². The number of fused-ring (bicyclic) bond motifs is 1. The molecule has 1 aromatic heterocycles. The van der Waals surface area contributed by atoms with E-state index in [9.17, 15) is 25.0 Å². The molecule has 0 aliphatic carbocycles. The summed E-state index contributed by atoms with van der Waals surface area (Å²) in [5.41, 5.74) is 0.196. The first-order valence-corrected chi connectivity index (χ1v) is 7.97. The summed E-state index contributed by atoms with van der Waals surface area (Å²) in [6.45, 7) is -0.444. The zero-order valence-corrected chi connectivity index (χ0v) is 13.8. The molecule has 1 heterocycles. The van der Waals surface area contributed by atoms with Gasteiger partial charge in [0.2, 0.25) is 0 Å². The maximum absolute atomic E-state index is 12.0. The van der Waals surface area contributed by atoms with Crippen LogP contribution in [-0.4, -0.2) is 27.3 Å². The van der Waals surface area contributed by atoms with Crippen LogP contribution in [-0.2, 0) is 4.79 Å². The maximum Gasteiger partial charge on any atom is 0.310 e. The molecule has 0 aliphatic rings. The number of carbonyl (C=O) groups is 1. The predicted octanol–water partition coefficient (Wildman–Crippen LogP) is 3.13. The summed E-state index contributed by atoms with van der Waals surface area (Å²) >= 11 is 1.08. The second-order valence-electron chi connectivity index (χ2n) is 4.99. The van der Waals surface area contributed by atoms with Gasteiger partial charge < -0.3 is 4.74 Å². The highest BCUT2D eigenvalue weighted by Gasteiger charge is 2.16. The van der Waals surface area contributed by atoms with Gasteiger partial charge in [0.05, 0.1) is 20.1 Å². The van der Waals surface area contributed by atoms with Crippen LogP contribution in [0.15, 0.2) is 42.5 Å². The minimum absolute atomic E-state index is 0.0208. The van der Waals surface area contributed by atoms with Crippen molar-refractivity contribution in [1.82, 2.24) is 4.98 Å². The van der Waals surface area contributed by atoms with Crippen molar-refractivity contribution < 1.29 is 19.4 Å². The molecule has 2 aromatic carbocycles. The van der Waals surface area contributed by atoms with Gasteiger partial charge in [0.25, 0.3) is 11.6 Å². The first-order chi connectivity index (χ1) is 12.4. The number of rotatable bonds is 6. The van der Waals surface area contributed by atoms with Gasteiger partial charge >= 0.3 is 5.69 Å². The number of anilines is 1. The van der Waals surface area contributed by atoms with Crippen LogP contribution in [0.3, 0.4) is 0 Å². The van der Waals surface area contributed by atoms with Gasteiger partial charge in [-0.1, -0.05) is 23.5 Å². The highest BCUT2D eigenvalue weighted by Crippen LogP contribution is 2.29. The quantitative estimate of drug-likeness (QED) is 0.516. The number of nitro benzene ring substituents is 2. The van der Waals surface area contributed by atoms with Crippen molar-refractivity contribution in [3.05, 3.63) is 62.7 Å². The van der Waals surface area contributed by atoms with E-state index < -0.39 is 22.4 Å². The van der Waals surface area contributed by atoms with Gasteiger partial charge in [-0.15, -0.1) is 0 Å². The van der Waals surface area contributed by atoms with Crippen LogP contribution in [0, 0.1) is 20.2 Å². The Morgan fingerprint density at radius 3 is 2.65 bits per heavy atom. The molecule has 0 bridgehead atoms. The molecular formula is C15H10N4O6S. The number of ether oxygens (including phenoxy) is 1. The summed E-state index contributed by atoms with van der Waals surface area (Å²) in [6, 6.07) is 9.89. The number of nitrogens with zero attached hydrogens (tertiary/aromatic N) is 3. The Balaban J connectivity index is 1.68. The number of carbonyl (C=O) groups excluding carboxylic acids is 1. The van der Waals surface area contributed by atoms with Gasteiger partial charge in [-0.25, -0.2) is 4.98 Å². The Kier molecular flexibility index (Phi) is 4.71. The predicted molar refractivity (Wildman–Crippen MR) is 93.5 cm³/mol. The molecule has 0 aliphatic heterocycles. The Labute approximate surface area is 149 Å². The number of hydrogen-bond acceptors (Lipinski definition) is 8. The van der Waals surface area contributed by atoms with E-state index >= 15 is 0 Å². The minimum Gasteiger partial charge on any atom is -0.477 e. The molecule has 0 unspecified atom stereocenters. The normalized spacial score (nSPS) is 10.5. The summed E-state index contributed by atoms with van der Waals surface area (Å²) in [5.74, 6) is -0.579. The van der Waals surface area contributed by atoms with Crippen LogP contribution < -0.4 is 10.1 Å². The number of nitrogens with one attached hydrogen (secondary N) is 1. The molecular weight excluding hydrogens is 364 g/mol. The zero-order valence-electron chi connectivity index (χ0n) is 12.9. The molecule has 11 heteroatoms. The molecule has 132 valence electrons. The van der Waals surface area contributed by atoms with Crippen LogP contribution in [0.1, 0.15) is 0 Å². The lowest BCUT2D eigenvalue weighted by Crippen LogP contribution is -2.20. The van der Waals surface area contributed by atoms with Gasteiger partial charge in [-0.2, -0.15) is 0 Å². The average Bonchev–Trinajstić information content (AvgIpc) is 3.01. The molecule has 3 aromatic rings. The molecule has 0 saturated heterocycles. The largest absolute Gasteiger partial charge is 0.477 e. The molecule has 0 radical (unpaired) electrons. The SMILES string of the molecule is O=C(COc1ccccc1[N+](=O)[O-])Nc1nc2ccc([N+](=O)[O-])cc2s1. The number of amides is 1. The number of non-ortho nitro benzene ring substituents is 1. The molecule has 26 heavy (non-hydrogen) atoms.